The summed E-state index contributed by atoms with van der Waals surface area (Å²) < 4.78 is 0. The molecule has 0 aliphatic carbocycles. The number of hydrogen-bond donors (Lipinski definition) is 3. The van der Waals surface area contributed by atoms with Crippen LogP contribution < -0.4 is 10.6 Å². The van der Waals surface area contributed by atoms with E-state index in [1.807, 2.05) is 0 Å². The Balaban J connectivity index is 2.20. The zero-order valence-corrected chi connectivity index (χ0v) is 12.5. The van der Waals surface area contributed by atoms with Gasteiger partial charge in [-0.15, -0.1) is 0 Å². The van der Waals surface area contributed by atoms with Crippen molar-refractivity contribution in [2.75, 3.05) is 13.7 Å². The van der Waals surface area contributed by atoms with Crippen molar-refractivity contribution in [2.24, 2.45) is 5.92 Å². The average molecular weight is 297 g/mol. The quantitative estimate of drug-likeness (QED) is 0.620. The molecule has 2 heterocycles. The van der Waals surface area contributed by atoms with Gasteiger partial charge in [0.05, 0.1) is 0 Å². The van der Waals surface area contributed by atoms with Crippen LogP contribution in [0.5, 0.6) is 0 Å². The van der Waals surface area contributed by atoms with Gasteiger partial charge < -0.3 is 20.6 Å². The van der Waals surface area contributed by atoms with Crippen LogP contribution in [0.4, 0.5) is 0 Å². The van der Waals surface area contributed by atoms with Crippen LogP contribution in [0.25, 0.3) is 0 Å². The molecule has 2 rings (SSSR count). The summed E-state index contributed by atoms with van der Waals surface area (Å²) in [5.74, 6) is -0.471. The van der Waals surface area contributed by atoms with Gasteiger partial charge in [0.1, 0.15) is 12.1 Å². The lowest BCUT2D eigenvalue weighted by atomic mass is 9.89. The van der Waals surface area contributed by atoms with E-state index in [0.29, 0.717) is 19.3 Å². The van der Waals surface area contributed by atoms with Crippen molar-refractivity contribution in [1.29, 1.82) is 0 Å². The summed E-state index contributed by atoms with van der Waals surface area (Å²) in [4.78, 5) is 37.5. The van der Waals surface area contributed by atoms with Crippen molar-refractivity contribution < 1.29 is 19.5 Å². The van der Waals surface area contributed by atoms with Crippen LogP contribution in [0.2, 0.25) is 0 Å². The molecule has 21 heavy (non-hydrogen) atoms. The lowest BCUT2D eigenvalue weighted by Gasteiger charge is -2.38. The van der Waals surface area contributed by atoms with Crippen LogP contribution >= 0.6 is 0 Å². The van der Waals surface area contributed by atoms with Crippen LogP contribution in [-0.4, -0.2) is 59.5 Å². The van der Waals surface area contributed by atoms with Crippen molar-refractivity contribution in [3.8, 4) is 0 Å². The van der Waals surface area contributed by atoms with E-state index in [1.165, 1.54) is 6.92 Å². The number of hydrogen-bond acceptors (Lipinski definition) is 4. The first-order valence-electron chi connectivity index (χ1n) is 7.41. The number of nitrogens with one attached hydrogen (secondary N) is 2. The first-order chi connectivity index (χ1) is 9.99. The number of rotatable bonds is 4. The lowest BCUT2D eigenvalue weighted by molar-refractivity contribution is -0.146. The van der Waals surface area contributed by atoms with Gasteiger partial charge in [0, 0.05) is 26.6 Å². The fourth-order valence-corrected chi connectivity index (χ4v) is 3.60. The molecule has 2 aliphatic heterocycles. The minimum atomic E-state index is -0.543. The molecule has 0 bridgehead atoms. The molecule has 0 aromatic carbocycles. The molecule has 7 heteroatoms. The van der Waals surface area contributed by atoms with E-state index in [2.05, 4.69) is 10.6 Å². The maximum atomic E-state index is 12.6. The Kier molecular flexibility index (Phi) is 4.82. The van der Waals surface area contributed by atoms with Gasteiger partial charge in [-0.25, -0.2) is 0 Å². The summed E-state index contributed by atoms with van der Waals surface area (Å²) in [5, 5.41) is 14.4. The van der Waals surface area contributed by atoms with Crippen LogP contribution in [0, 0.1) is 5.92 Å². The molecule has 0 spiro atoms. The van der Waals surface area contributed by atoms with Gasteiger partial charge in [-0.2, -0.15) is 0 Å². The van der Waals surface area contributed by atoms with Gasteiger partial charge in [0.2, 0.25) is 17.7 Å². The van der Waals surface area contributed by atoms with Gasteiger partial charge >= 0.3 is 0 Å². The fraction of sp³-hybridized carbons (Fsp3) is 0.786. The molecule has 4 atom stereocenters. The smallest absolute Gasteiger partial charge is 0.246 e. The third-order valence-corrected chi connectivity index (χ3v) is 4.49. The predicted molar refractivity (Wildman–Crippen MR) is 75.1 cm³/mol. The Labute approximate surface area is 124 Å². The number of likely N-dealkylation sites (N-methyl/N-ethyl adjacent to an activating group) is 1. The molecule has 118 valence electrons. The molecule has 0 radical (unpaired) electrons. The number of aliphatic hydroxyl groups excluding tert-OH is 1. The first-order valence-corrected chi connectivity index (χ1v) is 7.41. The SMILES string of the molecule is CNC(=O)[C@@H]1C[C@H](CCO)[C@H]2CC[C@@H](NC(C)=O)C(=O)N21. The summed E-state index contributed by atoms with van der Waals surface area (Å²) in [5.41, 5.74) is 0. The molecular weight excluding hydrogens is 274 g/mol. The van der Waals surface area contributed by atoms with Gasteiger partial charge in [0.25, 0.3) is 0 Å². The fourth-order valence-electron chi connectivity index (χ4n) is 3.60. The number of carbonyl (C=O) groups is 3. The Morgan fingerprint density at radius 1 is 1.38 bits per heavy atom. The van der Waals surface area contributed by atoms with Crippen LogP contribution in [0.15, 0.2) is 0 Å². The zero-order valence-electron chi connectivity index (χ0n) is 12.5. The van der Waals surface area contributed by atoms with E-state index in [0.717, 1.165) is 6.42 Å². The lowest BCUT2D eigenvalue weighted by Crippen LogP contribution is -2.58. The van der Waals surface area contributed by atoms with E-state index in [-0.39, 0.29) is 36.3 Å². The molecule has 7 nitrogen and oxygen atoms in total. The summed E-state index contributed by atoms with van der Waals surface area (Å²) >= 11 is 0. The van der Waals surface area contributed by atoms with Crippen molar-refractivity contribution in [2.45, 2.75) is 50.7 Å². The normalized spacial score (nSPS) is 31.8. The largest absolute Gasteiger partial charge is 0.396 e. The number of carbonyl (C=O) groups excluding carboxylic acids is 3. The van der Waals surface area contributed by atoms with Gasteiger partial charge in [-0.1, -0.05) is 0 Å². The summed E-state index contributed by atoms with van der Waals surface area (Å²) in [7, 11) is 1.55. The average Bonchev–Trinajstić information content (AvgIpc) is 2.81. The molecule has 0 aromatic heterocycles. The van der Waals surface area contributed by atoms with E-state index in [4.69, 9.17) is 0 Å². The van der Waals surface area contributed by atoms with Crippen molar-refractivity contribution in [3.05, 3.63) is 0 Å². The van der Waals surface area contributed by atoms with Crippen molar-refractivity contribution in [1.82, 2.24) is 15.5 Å². The Bertz CT molecular complexity index is 440. The first kappa shape index (κ1) is 15.8. The molecule has 2 fully saturated rings. The Hall–Kier alpha value is -1.63. The standard InChI is InChI=1S/C14H23N3O4/c1-8(19)16-10-3-4-11-9(5-6-18)7-12(13(20)15-2)17(11)14(10)21/h9-12,18H,3-7H2,1-2H3,(H,15,20)(H,16,19)/t9-,10+,11+,12-/m0/s1. The highest BCUT2D eigenvalue weighted by molar-refractivity contribution is 5.93. The highest BCUT2D eigenvalue weighted by atomic mass is 16.3. The third-order valence-electron chi connectivity index (χ3n) is 4.49. The second-order valence-corrected chi connectivity index (χ2v) is 5.78. The van der Waals surface area contributed by atoms with Crippen molar-refractivity contribution in [3.63, 3.8) is 0 Å². The summed E-state index contributed by atoms with van der Waals surface area (Å²) in [6.45, 7) is 1.44. The van der Waals surface area contributed by atoms with E-state index in [1.54, 1.807) is 11.9 Å². The van der Waals surface area contributed by atoms with Crippen LogP contribution in [0.3, 0.4) is 0 Å². The number of aliphatic hydroxyl groups is 1. The van der Waals surface area contributed by atoms with E-state index in [9.17, 15) is 19.5 Å². The topological polar surface area (TPSA) is 98.7 Å². The monoisotopic (exact) mass is 297 g/mol. The highest BCUT2D eigenvalue weighted by Gasteiger charge is 2.50. The van der Waals surface area contributed by atoms with Crippen LogP contribution in [-0.2, 0) is 14.4 Å². The number of piperidine rings is 1. The molecule has 0 unspecified atom stereocenters. The molecule has 3 amide bonds. The van der Waals surface area contributed by atoms with Crippen molar-refractivity contribution >= 4 is 17.7 Å². The third kappa shape index (κ3) is 3.02. The molecular formula is C14H23N3O4. The Morgan fingerprint density at radius 3 is 2.67 bits per heavy atom. The zero-order chi connectivity index (χ0) is 15.6. The van der Waals surface area contributed by atoms with Gasteiger partial charge in [0.15, 0.2) is 0 Å². The highest BCUT2D eigenvalue weighted by Crippen LogP contribution is 2.38. The maximum Gasteiger partial charge on any atom is 0.246 e. The second kappa shape index (κ2) is 6.43. The van der Waals surface area contributed by atoms with Gasteiger partial charge in [-0.05, 0) is 31.6 Å². The predicted octanol–water partition coefficient (Wildman–Crippen LogP) is -1.00. The number of amides is 3. The molecule has 2 saturated heterocycles. The van der Waals surface area contributed by atoms with Crippen LogP contribution in [0.1, 0.15) is 32.6 Å². The molecule has 0 aromatic rings. The van der Waals surface area contributed by atoms with E-state index >= 15 is 0 Å². The maximum absolute atomic E-state index is 12.6. The molecule has 2 aliphatic rings. The minimum absolute atomic E-state index is 0.0167. The Morgan fingerprint density at radius 2 is 2.10 bits per heavy atom. The summed E-state index contributed by atoms with van der Waals surface area (Å²) in [6.07, 6.45) is 2.49. The number of fused-ring (bicyclic) bond motifs is 1. The second-order valence-electron chi connectivity index (χ2n) is 5.78. The molecule has 3 N–H and O–H groups in total. The van der Waals surface area contributed by atoms with Gasteiger partial charge in [-0.3, -0.25) is 14.4 Å². The minimum Gasteiger partial charge on any atom is -0.396 e. The summed E-state index contributed by atoms with van der Waals surface area (Å²) in [6, 6.07) is -1.06. The van der Waals surface area contributed by atoms with E-state index < -0.39 is 12.1 Å². The molecule has 0 saturated carbocycles. The number of nitrogens with zero attached hydrogens (tertiary/aromatic N) is 1.